The first-order chi connectivity index (χ1) is 10.1. The summed E-state index contributed by atoms with van der Waals surface area (Å²) < 4.78 is 0. The van der Waals surface area contributed by atoms with Crippen molar-refractivity contribution in [3.8, 4) is 0 Å². The normalized spacial score (nSPS) is 15.6. The highest BCUT2D eigenvalue weighted by Gasteiger charge is 2.24. The third-order valence-corrected chi connectivity index (χ3v) is 3.05. The molecule has 0 saturated heterocycles. The number of hydrogen-bond donors (Lipinski definition) is 3. The number of carboxylic acids is 1. The monoisotopic (exact) mass is 289 g/mol. The second-order valence-corrected chi connectivity index (χ2v) is 4.65. The maximum absolute atomic E-state index is 12.0. The van der Waals surface area contributed by atoms with E-state index in [9.17, 15) is 19.5 Å². The molecule has 0 fully saturated rings. The molecule has 21 heavy (non-hydrogen) atoms. The maximum atomic E-state index is 12.0. The molecule has 1 aliphatic rings. The molecule has 1 aromatic rings. The molecular weight excluding hydrogens is 274 g/mol. The Bertz CT molecular complexity index is 583. The van der Waals surface area contributed by atoms with E-state index in [0.717, 1.165) is 5.56 Å². The van der Waals surface area contributed by atoms with Crippen LogP contribution in [-0.2, 0) is 20.8 Å². The summed E-state index contributed by atoms with van der Waals surface area (Å²) in [6.07, 6.45) is 0.555. The average Bonchev–Trinajstić information content (AvgIpc) is 2.48. The first-order valence-electron chi connectivity index (χ1n) is 6.49. The number of carbonyl (C=O) groups excluding carboxylic acids is 2. The van der Waals surface area contributed by atoms with Gasteiger partial charge in [-0.15, -0.1) is 0 Å². The molecule has 0 aliphatic carbocycles. The number of hydrazone groups is 1. The van der Waals surface area contributed by atoms with Gasteiger partial charge in [-0.2, -0.15) is 5.10 Å². The Morgan fingerprint density at radius 3 is 2.57 bits per heavy atom. The largest absolute Gasteiger partial charge is 0.480 e. The molecule has 2 rings (SSSR count). The van der Waals surface area contributed by atoms with E-state index in [1.165, 1.54) is 0 Å². The van der Waals surface area contributed by atoms with Crippen LogP contribution in [0.5, 0.6) is 0 Å². The van der Waals surface area contributed by atoms with Crippen molar-refractivity contribution in [2.45, 2.75) is 25.3 Å². The first kappa shape index (κ1) is 14.7. The Kier molecular flexibility index (Phi) is 4.65. The van der Waals surface area contributed by atoms with Crippen LogP contribution in [0.4, 0.5) is 0 Å². The lowest BCUT2D eigenvalue weighted by Gasteiger charge is -2.17. The van der Waals surface area contributed by atoms with E-state index >= 15 is 0 Å². The second-order valence-electron chi connectivity index (χ2n) is 4.65. The smallest absolute Gasteiger partial charge is 0.326 e. The predicted octanol–water partition coefficient (Wildman–Crippen LogP) is 0.0645. The molecule has 0 radical (unpaired) electrons. The molecular formula is C14H15N3O4. The van der Waals surface area contributed by atoms with E-state index in [2.05, 4.69) is 15.8 Å². The summed E-state index contributed by atoms with van der Waals surface area (Å²) in [4.78, 5) is 34.2. The Hall–Kier alpha value is -2.70. The molecule has 110 valence electrons. The van der Waals surface area contributed by atoms with Crippen molar-refractivity contribution in [1.29, 1.82) is 0 Å². The Labute approximate surface area is 121 Å². The molecule has 1 heterocycles. The number of rotatable bonds is 5. The van der Waals surface area contributed by atoms with Gasteiger partial charge in [-0.1, -0.05) is 30.3 Å². The summed E-state index contributed by atoms with van der Waals surface area (Å²) in [6, 6.07) is 7.98. The summed E-state index contributed by atoms with van der Waals surface area (Å²) in [5.74, 6) is -1.95. The highest BCUT2D eigenvalue weighted by atomic mass is 16.4. The van der Waals surface area contributed by atoms with Gasteiger partial charge in [0.2, 0.25) is 5.91 Å². The fourth-order valence-electron chi connectivity index (χ4n) is 1.93. The van der Waals surface area contributed by atoms with Crippen LogP contribution in [0.1, 0.15) is 18.4 Å². The molecule has 1 aromatic carbocycles. The van der Waals surface area contributed by atoms with Crippen molar-refractivity contribution in [2.24, 2.45) is 5.10 Å². The van der Waals surface area contributed by atoms with Crippen molar-refractivity contribution in [3.05, 3.63) is 35.9 Å². The van der Waals surface area contributed by atoms with E-state index in [1.54, 1.807) is 24.3 Å². The van der Waals surface area contributed by atoms with Crippen LogP contribution in [0.3, 0.4) is 0 Å². The first-order valence-corrected chi connectivity index (χ1v) is 6.49. The molecule has 0 saturated carbocycles. The lowest BCUT2D eigenvalue weighted by atomic mass is 10.1. The molecule has 7 heteroatoms. The molecule has 7 nitrogen and oxygen atoms in total. The zero-order chi connectivity index (χ0) is 15.2. The minimum atomic E-state index is -1.12. The van der Waals surface area contributed by atoms with Gasteiger partial charge in [0.05, 0.1) is 0 Å². The Morgan fingerprint density at radius 1 is 1.29 bits per heavy atom. The third-order valence-electron chi connectivity index (χ3n) is 3.05. The summed E-state index contributed by atoms with van der Waals surface area (Å²) in [7, 11) is 0. The van der Waals surface area contributed by atoms with Crippen molar-refractivity contribution in [3.63, 3.8) is 0 Å². The summed E-state index contributed by atoms with van der Waals surface area (Å²) in [6.45, 7) is 0. The third kappa shape index (κ3) is 4.13. The van der Waals surface area contributed by atoms with Gasteiger partial charge in [-0.05, 0) is 5.56 Å². The maximum Gasteiger partial charge on any atom is 0.326 e. The fraction of sp³-hybridized carbons (Fsp3) is 0.286. The number of carbonyl (C=O) groups is 3. The fourth-order valence-corrected chi connectivity index (χ4v) is 1.93. The minimum absolute atomic E-state index is 0.133. The second kappa shape index (κ2) is 6.65. The Morgan fingerprint density at radius 2 is 2.00 bits per heavy atom. The highest BCUT2D eigenvalue weighted by Crippen LogP contribution is 2.05. The van der Waals surface area contributed by atoms with Crippen LogP contribution in [0.25, 0.3) is 0 Å². The predicted molar refractivity (Wildman–Crippen MR) is 74.5 cm³/mol. The van der Waals surface area contributed by atoms with Crippen LogP contribution in [0, 0.1) is 0 Å². The number of carboxylic acid groups (broad SMARTS) is 1. The van der Waals surface area contributed by atoms with E-state index in [4.69, 9.17) is 0 Å². The van der Waals surface area contributed by atoms with Gasteiger partial charge in [0.1, 0.15) is 11.8 Å². The van der Waals surface area contributed by atoms with Gasteiger partial charge in [-0.25, -0.2) is 10.2 Å². The molecule has 1 unspecified atom stereocenters. The quantitative estimate of drug-likeness (QED) is 0.712. The number of nitrogens with zero attached hydrogens (tertiary/aromatic N) is 1. The lowest BCUT2D eigenvalue weighted by Crippen LogP contribution is -2.46. The van der Waals surface area contributed by atoms with Crippen LogP contribution >= 0.6 is 0 Å². The summed E-state index contributed by atoms with van der Waals surface area (Å²) in [5.41, 5.74) is 3.15. The van der Waals surface area contributed by atoms with Gasteiger partial charge in [0.25, 0.3) is 5.91 Å². The van der Waals surface area contributed by atoms with Gasteiger partial charge in [-0.3, -0.25) is 9.59 Å². The minimum Gasteiger partial charge on any atom is -0.480 e. The molecule has 3 N–H and O–H groups in total. The number of hydrogen-bond acceptors (Lipinski definition) is 4. The standard InChI is InChI=1S/C14H15N3O4/c18-12-7-6-10(16-17-12)13(19)15-11(14(20)21)8-9-4-2-1-3-5-9/h1-5,11H,6-8H2,(H,15,19)(H,17,18)(H,20,21). The van der Waals surface area contributed by atoms with Crippen molar-refractivity contribution in [2.75, 3.05) is 0 Å². The number of nitrogens with one attached hydrogen (secondary N) is 2. The molecule has 2 amide bonds. The molecule has 0 aromatic heterocycles. The SMILES string of the molecule is O=C1CCC(C(=O)NC(Cc2ccccc2)C(=O)O)=NN1. The molecule has 1 aliphatic heterocycles. The molecule has 1 atom stereocenters. The van der Waals surface area contributed by atoms with Gasteiger partial charge < -0.3 is 10.4 Å². The van der Waals surface area contributed by atoms with Crippen LogP contribution in [0.15, 0.2) is 35.4 Å². The number of amides is 2. The zero-order valence-corrected chi connectivity index (χ0v) is 11.2. The van der Waals surface area contributed by atoms with Crippen LogP contribution in [0.2, 0.25) is 0 Å². The van der Waals surface area contributed by atoms with Crippen molar-refractivity contribution >= 4 is 23.5 Å². The van der Waals surface area contributed by atoms with Gasteiger partial charge in [0.15, 0.2) is 0 Å². The topological polar surface area (TPSA) is 108 Å². The number of aliphatic carboxylic acids is 1. The highest BCUT2D eigenvalue weighted by molar-refractivity contribution is 6.39. The van der Waals surface area contributed by atoms with E-state index in [0.29, 0.717) is 0 Å². The summed E-state index contributed by atoms with van der Waals surface area (Å²) in [5, 5.41) is 15.3. The van der Waals surface area contributed by atoms with Crippen LogP contribution < -0.4 is 10.7 Å². The molecule has 0 bridgehead atoms. The van der Waals surface area contributed by atoms with Gasteiger partial charge in [0, 0.05) is 19.3 Å². The van der Waals surface area contributed by atoms with Crippen LogP contribution in [-0.4, -0.2) is 34.6 Å². The van der Waals surface area contributed by atoms with E-state index in [1.807, 2.05) is 6.07 Å². The van der Waals surface area contributed by atoms with Crippen molar-refractivity contribution in [1.82, 2.24) is 10.7 Å². The lowest BCUT2D eigenvalue weighted by molar-refractivity contribution is -0.141. The van der Waals surface area contributed by atoms with Gasteiger partial charge >= 0.3 is 5.97 Å². The van der Waals surface area contributed by atoms with E-state index < -0.39 is 17.9 Å². The number of benzene rings is 1. The average molecular weight is 289 g/mol. The Balaban J connectivity index is 2.01. The van der Waals surface area contributed by atoms with Crippen molar-refractivity contribution < 1.29 is 19.5 Å². The molecule has 0 spiro atoms. The summed E-state index contributed by atoms with van der Waals surface area (Å²) >= 11 is 0. The zero-order valence-electron chi connectivity index (χ0n) is 11.2. The van der Waals surface area contributed by atoms with E-state index in [-0.39, 0.29) is 30.9 Å².